The van der Waals surface area contributed by atoms with E-state index in [9.17, 15) is 9.59 Å². The topological polar surface area (TPSA) is 76.7 Å². The first-order chi connectivity index (χ1) is 9.20. The molecular weight excluding hydrogens is 248 g/mol. The van der Waals surface area contributed by atoms with Crippen LogP contribution in [0.1, 0.15) is 12.5 Å². The molecule has 6 heteroatoms. The maximum atomic E-state index is 11.9. The quantitative estimate of drug-likeness (QED) is 0.782. The molecule has 2 rings (SSSR count). The third-order valence-corrected chi connectivity index (χ3v) is 2.81. The molecule has 1 atom stereocenters. The van der Waals surface area contributed by atoms with Crippen LogP contribution >= 0.6 is 0 Å². The van der Waals surface area contributed by atoms with Crippen molar-refractivity contribution >= 4 is 12.0 Å². The maximum Gasteiger partial charge on any atom is 0.426 e. The Morgan fingerprint density at radius 1 is 1.37 bits per heavy atom. The predicted molar refractivity (Wildman–Crippen MR) is 67.4 cm³/mol. The molecule has 1 aliphatic rings. The van der Waals surface area contributed by atoms with Gasteiger partial charge in [-0.05, 0) is 25.0 Å². The Balaban J connectivity index is 1.87. The Labute approximate surface area is 111 Å². The van der Waals surface area contributed by atoms with E-state index in [0.29, 0.717) is 13.0 Å². The highest BCUT2D eigenvalue weighted by Gasteiger charge is 2.25. The van der Waals surface area contributed by atoms with Crippen LogP contribution in [0.3, 0.4) is 0 Å². The molecule has 1 aliphatic heterocycles. The summed E-state index contributed by atoms with van der Waals surface area (Å²) < 4.78 is 10.1. The molecule has 0 aliphatic carbocycles. The number of carbonyl (C=O) groups is 2. The van der Waals surface area contributed by atoms with Crippen molar-refractivity contribution in [1.82, 2.24) is 10.9 Å². The van der Waals surface area contributed by atoms with Gasteiger partial charge in [0.25, 0.3) is 0 Å². The van der Waals surface area contributed by atoms with Gasteiger partial charge in [-0.15, -0.1) is 0 Å². The number of ether oxygens (including phenoxy) is 2. The summed E-state index contributed by atoms with van der Waals surface area (Å²) in [4.78, 5) is 22.9. The van der Waals surface area contributed by atoms with Crippen molar-refractivity contribution in [2.75, 3.05) is 13.2 Å². The number of nitrogens with one attached hydrogen (secondary N) is 2. The van der Waals surface area contributed by atoms with Crippen LogP contribution in [0.25, 0.3) is 0 Å². The lowest BCUT2D eigenvalue weighted by atomic mass is 9.96. The minimum Gasteiger partial charge on any atom is -0.492 e. The summed E-state index contributed by atoms with van der Waals surface area (Å²) in [5.41, 5.74) is 5.50. The molecule has 1 aromatic carbocycles. The van der Waals surface area contributed by atoms with Crippen LogP contribution < -0.4 is 15.6 Å². The third-order valence-electron chi connectivity index (χ3n) is 2.81. The molecule has 102 valence electrons. The number of hydrogen-bond donors (Lipinski definition) is 2. The summed E-state index contributed by atoms with van der Waals surface area (Å²) >= 11 is 0. The van der Waals surface area contributed by atoms with Gasteiger partial charge in [-0.3, -0.25) is 10.2 Å². The molecule has 0 saturated carbocycles. The highest BCUT2D eigenvalue weighted by molar-refractivity contribution is 5.81. The first-order valence-corrected chi connectivity index (χ1v) is 6.14. The Kier molecular flexibility index (Phi) is 4.22. The second-order valence-corrected chi connectivity index (χ2v) is 4.15. The van der Waals surface area contributed by atoms with E-state index in [1.807, 2.05) is 24.3 Å². The van der Waals surface area contributed by atoms with Crippen LogP contribution in [0.4, 0.5) is 4.79 Å². The zero-order chi connectivity index (χ0) is 13.7. The highest BCUT2D eigenvalue weighted by atomic mass is 16.6. The van der Waals surface area contributed by atoms with E-state index in [-0.39, 0.29) is 18.4 Å². The average molecular weight is 264 g/mol. The SMILES string of the molecule is CCOC(=O)NNC(=O)C1COc2ccccc2C1. The molecule has 19 heavy (non-hydrogen) atoms. The minimum absolute atomic E-state index is 0.252. The summed E-state index contributed by atoms with van der Waals surface area (Å²) in [6, 6.07) is 7.59. The number of rotatable bonds is 2. The van der Waals surface area contributed by atoms with Gasteiger partial charge in [0.2, 0.25) is 5.91 Å². The van der Waals surface area contributed by atoms with Gasteiger partial charge in [-0.1, -0.05) is 18.2 Å². The summed E-state index contributed by atoms with van der Waals surface area (Å²) in [6.07, 6.45) is -0.0834. The van der Waals surface area contributed by atoms with Crippen LogP contribution in [0, 0.1) is 5.92 Å². The molecular formula is C13H16N2O4. The van der Waals surface area contributed by atoms with Gasteiger partial charge in [0.15, 0.2) is 0 Å². The molecule has 2 N–H and O–H groups in total. The Hall–Kier alpha value is -2.24. The van der Waals surface area contributed by atoms with Crippen LogP contribution in [0.15, 0.2) is 24.3 Å². The van der Waals surface area contributed by atoms with Gasteiger partial charge < -0.3 is 9.47 Å². The van der Waals surface area contributed by atoms with E-state index in [0.717, 1.165) is 11.3 Å². The monoisotopic (exact) mass is 264 g/mol. The van der Waals surface area contributed by atoms with Crippen LogP contribution in [-0.2, 0) is 16.0 Å². The maximum absolute atomic E-state index is 11.9. The van der Waals surface area contributed by atoms with Crippen molar-refractivity contribution in [2.45, 2.75) is 13.3 Å². The number of hydrogen-bond acceptors (Lipinski definition) is 4. The molecule has 0 spiro atoms. The highest BCUT2D eigenvalue weighted by Crippen LogP contribution is 2.26. The molecule has 1 aromatic rings. The Bertz CT molecular complexity index is 475. The minimum atomic E-state index is -0.673. The lowest BCUT2D eigenvalue weighted by Gasteiger charge is -2.24. The largest absolute Gasteiger partial charge is 0.492 e. The van der Waals surface area contributed by atoms with E-state index in [1.165, 1.54) is 0 Å². The number of hydrazine groups is 1. The number of carbonyl (C=O) groups excluding carboxylic acids is 2. The predicted octanol–water partition coefficient (Wildman–Crippen LogP) is 1.01. The Morgan fingerprint density at radius 3 is 2.95 bits per heavy atom. The van der Waals surface area contributed by atoms with E-state index in [1.54, 1.807) is 6.92 Å². The molecule has 2 amide bonds. The van der Waals surface area contributed by atoms with Crippen LogP contribution in [0.2, 0.25) is 0 Å². The van der Waals surface area contributed by atoms with Crippen LogP contribution in [-0.4, -0.2) is 25.2 Å². The van der Waals surface area contributed by atoms with Crippen molar-refractivity contribution in [2.24, 2.45) is 5.92 Å². The summed E-state index contributed by atoms with van der Waals surface area (Å²) in [6.45, 7) is 2.24. The first kappa shape index (κ1) is 13.2. The molecule has 1 heterocycles. The van der Waals surface area contributed by atoms with E-state index < -0.39 is 6.09 Å². The molecule has 0 fully saturated rings. The first-order valence-electron chi connectivity index (χ1n) is 6.14. The standard InChI is InChI=1S/C13H16N2O4/c1-2-18-13(17)15-14-12(16)10-7-9-5-3-4-6-11(9)19-8-10/h3-6,10H,2,7-8H2,1H3,(H,14,16)(H,15,17). The molecule has 0 bridgehead atoms. The lowest BCUT2D eigenvalue weighted by Crippen LogP contribution is -2.47. The number of para-hydroxylation sites is 1. The normalized spacial score (nSPS) is 16.8. The average Bonchev–Trinajstić information content (AvgIpc) is 2.44. The Morgan fingerprint density at radius 2 is 2.16 bits per heavy atom. The van der Waals surface area contributed by atoms with Gasteiger partial charge in [0, 0.05) is 0 Å². The van der Waals surface area contributed by atoms with Gasteiger partial charge >= 0.3 is 6.09 Å². The summed E-state index contributed by atoms with van der Waals surface area (Å²) in [5, 5.41) is 0. The fourth-order valence-electron chi connectivity index (χ4n) is 1.88. The molecule has 1 unspecified atom stereocenters. The second-order valence-electron chi connectivity index (χ2n) is 4.15. The number of amides is 2. The van der Waals surface area contributed by atoms with Crippen molar-refractivity contribution in [3.05, 3.63) is 29.8 Å². The molecule has 0 saturated heterocycles. The van der Waals surface area contributed by atoms with Crippen molar-refractivity contribution in [3.8, 4) is 5.75 Å². The van der Waals surface area contributed by atoms with E-state index in [2.05, 4.69) is 15.6 Å². The second kappa shape index (κ2) is 6.08. The zero-order valence-corrected chi connectivity index (χ0v) is 10.6. The summed E-state index contributed by atoms with van der Waals surface area (Å²) in [7, 11) is 0. The van der Waals surface area contributed by atoms with Crippen LogP contribution in [0.5, 0.6) is 5.75 Å². The summed E-state index contributed by atoms with van der Waals surface area (Å²) in [5.74, 6) is 0.198. The number of benzene rings is 1. The van der Waals surface area contributed by atoms with E-state index >= 15 is 0 Å². The lowest BCUT2D eigenvalue weighted by molar-refractivity contribution is -0.127. The third kappa shape index (κ3) is 3.37. The zero-order valence-electron chi connectivity index (χ0n) is 10.6. The molecule has 0 radical (unpaired) electrons. The molecule has 6 nitrogen and oxygen atoms in total. The smallest absolute Gasteiger partial charge is 0.426 e. The van der Waals surface area contributed by atoms with Crippen molar-refractivity contribution < 1.29 is 19.1 Å². The van der Waals surface area contributed by atoms with Crippen molar-refractivity contribution in [3.63, 3.8) is 0 Å². The van der Waals surface area contributed by atoms with Gasteiger partial charge in [0.05, 0.1) is 12.5 Å². The van der Waals surface area contributed by atoms with Gasteiger partial charge in [0.1, 0.15) is 12.4 Å². The number of fused-ring (bicyclic) bond motifs is 1. The van der Waals surface area contributed by atoms with Gasteiger partial charge in [-0.25, -0.2) is 10.2 Å². The van der Waals surface area contributed by atoms with E-state index in [4.69, 9.17) is 4.74 Å². The molecule has 0 aromatic heterocycles. The van der Waals surface area contributed by atoms with Gasteiger partial charge in [-0.2, -0.15) is 0 Å². The van der Waals surface area contributed by atoms with Crippen molar-refractivity contribution in [1.29, 1.82) is 0 Å². The fourth-order valence-corrected chi connectivity index (χ4v) is 1.88. The fraction of sp³-hybridized carbons (Fsp3) is 0.385.